The SMILES string of the molecule is Cc1ccc(-c2cnc(N3CCC(CCCOc4ccc(C(=O)N[C@@H](CC(C)C)C(N)=O)c(F)c4)CC3)nc2)o1. The van der Waals surface area contributed by atoms with Crippen LogP contribution in [0.4, 0.5) is 10.3 Å². The minimum absolute atomic E-state index is 0.148. The smallest absolute Gasteiger partial charge is 0.254 e. The molecule has 0 aliphatic carbocycles. The summed E-state index contributed by atoms with van der Waals surface area (Å²) in [5.74, 6) is 1.43. The van der Waals surface area contributed by atoms with Gasteiger partial charge in [0.15, 0.2) is 0 Å². The molecule has 0 bridgehead atoms. The summed E-state index contributed by atoms with van der Waals surface area (Å²) < 4.78 is 26.0. The predicted octanol–water partition coefficient (Wildman–Crippen LogP) is 4.89. The molecule has 0 radical (unpaired) electrons. The third kappa shape index (κ3) is 7.80. The molecule has 40 heavy (non-hydrogen) atoms. The Bertz CT molecular complexity index is 1290. The van der Waals surface area contributed by atoms with E-state index in [1.807, 2.05) is 32.9 Å². The number of hydrogen-bond donors (Lipinski definition) is 2. The highest BCUT2D eigenvalue weighted by atomic mass is 19.1. The van der Waals surface area contributed by atoms with E-state index in [0.717, 1.165) is 61.8 Å². The quantitative estimate of drug-likeness (QED) is 0.307. The molecule has 3 heterocycles. The third-order valence-corrected chi connectivity index (χ3v) is 7.13. The summed E-state index contributed by atoms with van der Waals surface area (Å²) in [5, 5.41) is 2.53. The summed E-state index contributed by atoms with van der Waals surface area (Å²) in [7, 11) is 0. The van der Waals surface area contributed by atoms with Crippen molar-refractivity contribution in [3.63, 3.8) is 0 Å². The summed E-state index contributed by atoms with van der Waals surface area (Å²) in [6, 6.07) is 7.13. The maximum atomic E-state index is 14.6. The van der Waals surface area contributed by atoms with E-state index >= 15 is 0 Å². The van der Waals surface area contributed by atoms with E-state index in [9.17, 15) is 14.0 Å². The van der Waals surface area contributed by atoms with Crippen molar-refractivity contribution in [1.82, 2.24) is 15.3 Å². The van der Waals surface area contributed by atoms with Crippen molar-refractivity contribution >= 4 is 17.8 Å². The zero-order chi connectivity index (χ0) is 28.6. The number of benzene rings is 1. The van der Waals surface area contributed by atoms with Crippen LogP contribution in [0.1, 0.15) is 62.1 Å². The number of primary amides is 1. The van der Waals surface area contributed by atoms with Crippen LogP contribution < -0.4 is 20.7 Å². The summed E-state index contributed by atoms with van der Waals surface area (Å²) in [6.07, 6.45) is 7.94. The monoisotopic (exact) mass is 551 g/mol. The van der Waals surface area contributed by atoms with Crippen molar-refractivity contribution in [2.24, 2.45) is 17.6 Å². The van der Waals surface area contributed by atoms with Crippen LogP contribution in [0.5, 0.6) is 5.75 Å². The fourth-order valence-electron chi connectivity index (χ4n) is 4.91. The lowest BCUT2D eigenvalue weighted by molar-refractivity contribution is -0.120. The molecule has 0 spiro atoms. The van der Waals surface area contributed by atoms with Gasteiger partial charge >= 0.3 is 0 Å². The Labute approximate surface area is 234 Å². The number of carbonyl (C=O) groups excluding carboxylic acids is 2. The number of carbonyl (C=O) groups is 2. The molecular weight excluding hydrogens is 513 g/mol. The van der Waals surface area contributed by atoms with Gasteiger partial charge in [-0.3, -0.25) is 9.59 Å². The number of hydrogen-bond acceptors (Lipinski definition) is 7. The molecule has 3 N–H and O–H groups in total. The van der Waals surface area contributed by atoms with E-state index < -0.39 is 23.7 Å². The number of piperidine rings is 1. The lowest BCUT2D eigenvalue weighted by Crippen LogP contribution is -2.45. The van der Waals surface area contributed by atoms with Crippen LogP contribution in [-0.4, -0.2) is 47.5 Å². The molecule has 1 aliphatic heterocycles. The van der Waals surface area contributed by atoms with Crippen LogP contribution in [0.3, 0.4) is 0 Å². The molecule has 1 saturated heterocycles. The topological polar surface area (TPSA) is 124 Å². The first-order valence-electron chi connectivity index (χ1n) is 13.9. The summed E-state index contributed by atoms with van der Waals surface area (Å²) >= 11 is 0. The number of nitrogens with one attached hydrogen (secondary N) is 1. The lowest BCUT2D eigenvalue weighted by Gasteiger charge is -2.32. The highest BCUT2D eigenvalue weighted by Crippen LogP contribution is 2.26. The average molecular weight is 552 g/mol. The normalized spacial score (nSPS) is 14.8. The maximum absolute atomic E-state index is 14.6. The zero-order valence-corrected chi connectivity index (χ0v) is 23.4. The first-order valence-corrected chi connectivity index (χ1v) is 13.9. The molecular formula is C30H38FN5O4. The van der Waals surface area contributed by atoms with Gasteiger partial charge in [0.1, 0.15) is 29.1 Å². The van der Waals surface area contributed by atoms with Crippen molar-refractivity contribution in [2.75, 3.05) is 24.6 Å². The largest absolute Gasteiger partial charge is 0.493 e. The second kappa shape index (κ2) is 13.4. The summed E-state index contributed by atoms with van der Waals surface area (Å²) in [4.78, 5) is 35.4. The van der Waals surface area contributed by atoms with Gasteiger partial charge in [0, 0.05) is 31.5 Å². The molecule has 9 nitrogen and oxygen atoms in total. The van der Waals surface area contributed by atoms with Gasteiger partial charge < -0.3 is 25.1 Å². The van der Waals surface area contributed by atoms with Crippen LogP contribution in [0, 0.1) is 24.6 Å². The van der Waals surface area contributed by atoms with Crippen molar-refractivity contribution < 1.29 is 23.1 Å². The third-order valence-electron chi connectivity index (χ3n) is 7.13. The second-order valence-electron chi connectivity index (χ2n) is 10.8. The van der Waals surface area contributed by atoms with Gasteiger partial charge in [0.2, 0.25) is 11.9 Å². The molecule has 1 aromatic carbocycles. The molecule has 4 rings (SSSR count). The fraction of sp³-hybridized carbons (Fsp3) is 0.467. The fourth-order valence-corrected chi connectivity index (χ4v) is 4.91. The van der Waals surface area contributed by atoms with Gasteiger partial charge in [-0.2, -0.15) is 0 Å². The van der Waals surface area contributed by atoms with Crippen molar-refractivity contribution in [3.05, 3.63) is 59.9 Å². The highest BCUT2D eigenvalue weighted by Gasteiger charge is 2.23. The molecule has 3 aromatic rings. The van der Waals surface area contributed by atoms with Crippen LogP contribution in [-0.2, 0) is 4.79 Å². The van der Waals surface area contributed by atoms with E-state index in [4.69, 9.17) is 14.9 Å². The molecule has 1 fully saturated rings. The first kappa shape index (κ1) is 29.0. The van der Waals surface area contributed by atoms with Crippen molar-refractivity contribution in [1.29, 1.82) is 0 Å². The predicted molar refractivity (Wildman–Crippen MR) is 150 cm³/mol. The minimum Gasteiger partial charge on any atom is -0.493 e. The van der Waals surface area contributed by atoms with Crippen LogP contribution >= 0.6 is 0 Å². The number of nitrogens with zero attached hydrogens (tertiary/aromatic N) is 3. The standard InChI is InChI=1S/C30H38FN5O4/c1-19(2)15-26(28(32)37)35-29(38)24-8-7-23(16-25(24)31)39-14-4-5-21-10-12-36(13-11-21)30-33-17-22(18-34-30)27-9-6-20(3)40-27/h6-9,16-19,21,26H,4-5,10-15H2,1-3H3,(H2,32,37)(H,35,38)/t26-/m0/s1. The number of rotatable bonds is 12. The van der Waals surface area contributed by atoms with Gasteiger partial charge in [-0.1, -0.05) is 13.8 Å². The Morgan fingerprint density at radius 1 is 1.18 bits per heavy atom. The van der Waals surface area contributed by atoms with E-state index in [1.54, 1.807) is 18.5 Å². The van der Waals surface area contributed by atoms with Crippen molar-refractivity contribution in [3.8, 4) is 17.1 Å². The van der Waals surface area contributed by atoms with Gasteiger partial charge in [-0.25, -0.2) is 14.4 Å². The number of ether oxygens (including phenoxy) is 1. The van der Waals surface area contributed by atoms with Crippen LogP contribution in [0.25, 0.3) is 11.3 Å². The number of aryl methyl sites for hydroxylation is 1. The second-order valence-corrected chi connectivity index (χ2v) is 10.8. The van der Waals surface area contributed by atoms with E-state index in [2.05, 4.69) is 20.2 Å². The summed E-state index contributed by atoms with van der Waals surface area (Å²) in [5.41, 5.74) is 6.09. The average Bonchev–Trinajstić information content (AvgIpc) is 3.37. The molecule has 2 amide bonds. The maximum Gasteiger partial charge on any atom is 0.254 e. The Morgan fingerprint density at radius 2 is 1.90 bits per heavy atom. The highest BCUT2D eigenvalue weighted by molar-refractivity contribution is 5.97. The van der Waals surface area contributed by atoms with Gasteiger partial charge in [0.05, 0.1) is 17.7 Å². The minimum atomic E-state index is -0.848. The van der Waals surface area contributed by atoms with Crippen LogP contribution in [0.2, 0.25) is 0 Å². The van der Waals surface area contributed by atoms with Gasteiger partial charge in [-0.15, -0.1) is 0 Å². The van der Waals surface area contributed by atoms with E-state index in [-0.39, 0.29) is 11.5 Å². The zero-order valence-electron chi connectivity index (χ0n) is 23.4. The van der Waals surface area contributed by atoms with Crippen LogP contribution in [0.15, 0.2) is 47.1 Å². The number of halogens is 1. The molecule has 0 saturated carbocycles. The Hall–Kier alpha value is -3.95. The molecule has 2 aromatic heterocycles. The lowest BCUT2D eigenvalue weighted by atomic mass is 9.92. The molecule has 214 valence electrons. The van der Waals surface area contributed by atoms with E-state index in [1.165, 1.54) is 12.1 Å². The number of anilines is 1. The molecule has 0 unspecified atom stereocenters. The van der Waals surface area contributed by atoms with E-state index in [0.29, 0.717) is 24.7 Å². The molecule has 1 atom stereocenters. The Balaban J connectivity index is 1.18. The van der Waals surface area contributed by atoms with Gasteiger partial charge in [0.25, 0.3) is 5.91 Å². The number of furan rings is 1. The van der Waals surface area contributed by atoms with Crippen molar-refractivity contribution in [2.45, 2.75) is 58.9 Å². The molecule has 10 heteroatoms. The Morgan fingerprint density at radius 3 is 2.50 bits per heavy atom. The molecule has 1 aliphatic rings. The Kier molecular flexibility index (Phi) is 9.74. The first-order chi connectivity index (χ1) is 19.2. The number of aromatic nitrogens is 2. The van der Waals surface area contributed by atoms with Gasteiger partial charge in [-0.05, 0) is 75.1 Å². The number of amides is 2. The summed E-state index contributed by atoms with van der Waals surface area (Å²) in [6.45, 7) is 7.99. The number of nitrogens with two attached hydrogens (primary N) is 1.